The Hall–Kier alpha value is 0.580. The van der Waals surface area contributed by atoms with Crippen LogP contribution in [0.3, 0.4) is 0 Å². The fourth-order valence-electron chi connectivity index (χ4n) is 0.0945. The van der Waals surface area contributed by atoms with E-state index in [9.17, 15) is 0 Å². The maximum absolute atomic E-state index is 5.77. The zero-order valence-electron chi connectivity index (χ0n) is 4.67. The Morgan fingerprint density at radius 2 is 2.00 bits per heavy atom. The van der Waals surface area contributed by atoms with Gasteiger partial charge in [0, 0.05) is 5.88 Å². The summed E-state index contributed by atoms with van der Waals surface area (Å²) >= 11 is 11.2. The number of hydrogen-bond acceptors (Lipinski definition) is 0. The third-order valence-corrected chi connectivity index (χ3v) is 2.14. The molecule has 0 aliphatic rings. The molecular formula is C5H10Cl2. The van der Waals surface area contributed by atoms with Gasteiger partial charge in [0.25, 0.3) is 0 Å². The first-order chi connectivity index (χ1) is 3.12. The normalized spacial score (nSPS) is 18.9. The minimum Gasteiger partial charge on any atom is -0.125 e. The fourth-order valence-corrected chi connectivity index (χ4v) is 0.283. The average Bonchev–Trinajstić information content (AvgIpc) is 1.68. The van der Waals surface area contributed by atoms with E-state index in [1.807, 2.05) is 13.8 Å². The molecule has 0 aliphatic heterocycles. The van der Waals surface area contributed by atoms with Gasteiger partial charge in [0.2, 0.25) is 0 Å². The molecule has 44 valence electrons. The van der Waals surface area contributed by atoms with Crippen LogP contribution in [0.2, 0.25) is 0 Å². The van der Waals surface area contributed by atoms with E-state index in [1.54, 1.807) is 0 Å². The van der Waals surface area contributed by atoms with Crippen molar-refractivity contribution < 1.29 is 0 Å². The second kappa shape index (κ2) is 2.78. The summed E-state index contributed by atoms with van der Waals surface area (Å²) in [4.78, 5) is -0.179. The van der Waals surface area contributed by atoms with E-state index in [2.05, 4.69) is 0 Å². The third-order valence-electron chi connectivity index (χ3n) is 1.02. The third kappa shape index (κ3) is 3.19. The van der Waals surface area contributed by atoms with Gasteiger partial charge in [-0.2, -0.15) is 0 Å². The summed E-state index contributed by atoms with van der Waals surface area (Å²) in [5.41, 5.74) is 0. The lowest BCUT2D eigenvalue weighted by Gasteiger charge is -2.13. The van der Waals surface area contributed by atoms with E-state index in [0.29, 0.717) is 5.88 Å². The minimum atomic E-state index is -0.179. The molecule has 0 aromatic rings. The molecule has 1 unspecified atom stereocenters. The lowest BCUT2D eigenvalue weighted by Crippen LogP contribution is -2.15. The number of halogens is 2. The van der Waals surface area contributed by atoms with Crippen LogP contribution < -0.4 is 0 Å². The number of rotatable bonds is 2. The molecule has 0 radical (unpaired) electrons. The van der Waals surface area contributed by atoms with Gasteiger partial charge in [0.1, 0.15) is 0 Å². The predicted octanol–water partition coefficient (Wildman–Crippen LogP) is 2.63. The summed E-state index contributed by atoms with van der Waals surface area (Å²) < 4.78 is 0. The lowest BCUT2D eigenvalue weighted by atomic mass is 10.1. The van der Waals surface area contributed by atoms with Crippen molar-refractivity contribution in [1.82, 2.24) is 0 Å². The predicted molar refractivity (Wildman–Crippen MR) is 35.3 cm³/mol. The van der Waals surface area contributed by atoms with Crippen LogP contribution in [0.5, 0.6) is 0 Å². The highest BCUT2D eigenvalue weighted by Gasteiger charge is 2.14. The Labute approximate surface area is 54.8 Å². The van der Waals surface area contributed by atoms with Crippen LogP contribution in [-0.4, -0.2) is 10.8 Å². The van der Waals surface area contributed by atoms with Crippen molar-refractivity contribution in [2.24, 2.45) is 0 Å². The Bertz CT molecular complexity index is 44.0. The molecule has 0 aliphatic carbocycles. The average molecular weight is 141 g/mol. The monoisotopic (exact) mass is 140 g/mol. The molecule has 0 aromatic carbocycles. The minimum absolute atomic E-state index is 0.179. The zero-order valence-corrected chi connectivity index (χ0v) is 6.18. The summed E-state index contributed by atoms with van der Waals surface area (Å²) in [7, 11) is 0. The highest BCUT2D eigenvalue weighted by Crippen LogP contribution is 2.19. The quantitative estimate of drug-likeness (QED) is 0.518. The second-order valence-corrected chi connectivity index (χ2v) is 3.08. The van der Waals surface area contributed by atoms with Crippen LogP contribution in [0.1, 0.15) is 20.3 Å². The molecule has 0 N–H and O–H groups in total. The SMILES string of the molecule is CCC(C)(Cl)CCl. The Balaban J connectivity index is 3.36. The van der Waals surface area contributed by atoms with E-state index in [-0.39, 0.29) is 4.87 Å². The molecule has 0 rings (SSSR count). The van der Waals surface area contributed by atoms with Crippen molar-refractivity contribution in [3.05, 3.63) is 0 Å². The lowest BCUT2D eigenvalue weighted by molar-refractivity contribution is 0.678. The van der Waals surface area contributed by atoms with Crippen LogP contribution >= 0.6 is 23.2 Å². The van der Waals surface area contributed by atoms with Crippen molar-refractivity contribution in [2.75, 3.05) is 5.88 Å². The summed E-state index contributed by atoms with van der Waals surface area (Å²) in [5.74, 6) is 0.533. The van der Waals surface area contributed by atoms with Gasteiger partial charge >= 0.3 is 0 Å². The van der Waals surface area contributed by atoms with E-state index < -0.39 is 0 Å². The van der Waals surface area contributed by atoms with Gasteiger partial charge in [0.05, 0.1) is 4.87 Å². The smallest absolute Gasteiger partial charge is 0.0551 e. The van der Waals surface area contributed by atoms with Crippen molar-refractivity contribution in [3.63, 3.8) is 0 Å². The highest BCUT2D eigenvalue weighted by molar-refractivity contribution is 6.30. The van der Waals surface area contributed by atoms with Crippen molar-refractivity contribution in [2.45, 2.75) is 25.1 Å². The number of hydrogen-bond donors (Lipinski definition) is 0. The molecule has 7 heavy (non-hydrogen) atoms. The molecule has 1 atom stereocenters. The Morgan fingerprint density at radius 1 is 1.57 bits per heavy atom. The van der Waals surface area contributed by atoms with Crippen LogP contribution in [0.25, 0.3) is 0 Å². The molecule has 0 saturated carbocycles. The maximum Gasteiger partial charge on any atom is 0.0551 e. The standard InChI is InChI=1S/C5H10Cl2/c1-3-5(2,7)4-6/h3-4H2,1-2H3. The molecule has 0 bridgehead atoms. The highest BCUT2D eigenvalue weighted by atomic mass is 35.5. The molecule has 0 aromatic heterocycles. The van der Waals surface area contributed by atoms with Crippen LogP contribution in [0.4, 0.5) is 0 Å². The van der Waals surface area contributed by atoms with Gasteiger partial charge in [-0.1, -0.05) is 6.92 Å². The van der Waals surface area contributed by atoms with Gasteiger partial charge in [0.15, 0.2) is 0 Å². The van der Waals surface area contributed by atoms with Crippen molar-refractivity contribution in [3.8, 4) is 0 Å². The summed E-state index contributed by atoms with van der Waals surface area (Å²) in [5, 5.41) is 0. The van der Waals surface area contributed by atoms with Crippen LogP contribution in [0.15, 0.2) is 0 Å². The van der Waals surface area contributed by atoms with Crippen molar-refractivity contribution >= 4 is 23.2 Å². The van der Waals surface area contributed by atoms with Gasteiger partial charge in [-0.3, -0.25) is 0 Å². The Morgan fingerprint density at radius 3 is 2.00 bits per heavy atom. The van der Waals surface area contributed by atoms with E-state index >= 15 is 0 Å². The molecule has 0 fully saturated rings. The zero-order chi connectivity index (χ0) is 5.91. The molecule has 0 heterocycles. The first-order valence-electron chi connectivity index (χ1n) is 2.37. The van der Waals surface area contributed by atoms with Gasteiger partial charge < -0.3 is 0 Å². The van der Waals surface area contributed by atoms with E-state index in [1.165, 1.54) is 0 Å². The summed E-state index contributed by atoms with van der Waals surface area (Å²) in [6.07, 6.45) is 0.929. The van der Waals surface area contributed by atoms with Crippen molar-refractivity contribution in [1.29, 1.82) is 0 Å². The van der Waals surface area contributed by atoms with E-state index in [0.717, 1.165) is 6.42 Å². The number of alkyl halides is 2. The first kappa shape index (κ1) is 7.58. The summed E-state index contributed by atoms with van der Waals surface area (Å²) in [6, 6.07) is 0. The molecule has 0 saturated heterocycles. The topological polar surface area (TPSA) is 0 Å². The molecule has 0 spiro atoms. The summed E-state index contributed by atoms with van der Waals surface area (Å²) in [6.45, 7) is 3.96. The van der Waals surface area contributed by atoms with Gasteiger partial charge in [-0.15, -0.1) is 23.2 Å². The first-order valence-corrected chi connectivity index (χ1v) is 3.28. The van der Waals surface area contributed by atoms with E-state index in [4.69, 9.17) is 23.2 Å². The second-order valence-electron chi connectivity index (χ2n) is 1.90. The van der Waals surface area contributed by atoms with Gasteiger partial charge in [-0.25, -0.2) is 0 Å². The molecule has 0 amide bonds. The Kier molecular flexibility index (Phi) is 3.01. The fraction of sp³-hybridized carbons (Fsp3) is 1.00. The van der Waals surface area contributed by atoms with Crippen LogP contribution in [0, 0.1) is 0 Å². The maximum atomic E-state index is 5.77. The van der Waals surface area contributed by atoms with Crippen LogP contribution in [-0.2, 0) is 0 Å². The largest absolute Gasteiger partial charge is 0.125 e. The van der Waals surface area contributed by atoms with Gasteiger partial charge in [-0.05, 0) is 13.3 Å². The molecule has 2 heteroatoms. The molecular weight excluding hydrogens is 131 g/mol. The molecule has 0 nitrogen and oxygen atoms in total.